The lowest BCUT2D eigenvalue weighted by Gasteiger charge is -2.24. The van der Waals surface area contributed by atoms with Gasteiger partial charge in [0.2, 0.25) is 5.91 Å². The van der Waals surface area contributed by atoms with Crippen LogP contribution in [-0.4, -0.2) is 33.4 Å². The summed E-state index contributed by atoms with van der Waals surface area (Å²) >= 11 is 0. The molecule has 1 aliphatic heterocycles. The summed E-state index contributed by atoms with van der Waals surface area (Å²) in [6.07, 6.45) is 1.32. The number of nitrogens with zero attached hydrogens (tertiary/aromatic N) is 3. The minimum absolute atomic E-state index is 0.0273. The lowest BCUT2D eigenvalue weighted by Crippen LogP contribution is -2.39. The quantitative estimate of drug-likeness (QED) is 0.720. The minimum Gasteiger partial charge on any atom is -0.365 e. The number of halogens is 3. The summed E-state index contributed by atoms with van der Waals surface area (Å²) in [5.41, 5.74) is 1.47. The van der Waals surface area contributed by atoms with Crippen molar-refractivity contribution >= 4 is 22.8 Å². The molecule has 4 rings (SSSR count). The Bertz CT molecular complexity index is 1020. The predicted octanol–water partition coefficient (Wildman–Crippen LogP) is 3.40. The second-order valence-electron chi connectivity index (χ2n) is 6.53. The lowest BCUT2D eigenvalue weighted by atomic mass is 10.0. The number of alkyl halides is 3. The standard InChI is InChI=1S/C19H16F3N5O/c20-19(21,22)12-3-1-11(2-4-12)14-10-26-18(17-16(14)24-7-8-25-17)27-13-5-6-23-15(28)9-13/h1-4,7-8,10,13H,5-6,9H2,(H,23,28)(H,26,27). The fourth-order valence-electron chi connectivity index (χ4n) is 3.22. The first-order valence-electron chi connectivity index (χ1n) is 8.72. The van der Waals surface area contributed by atoms with Crippen molar-refractivity contribution in [3.05, 3.63) is 48.4 Å². The van der Waals surface area contributed by atoms with Crippen LogP contribution in [0, 0.1) is 0 Å². The number of fused-ring (bicyclic) bond motifs is 1. The van der Waals surface area contributed by atoms with Crippen LogP contribution >= 0.6 is 0 Å². The Morgan fingerprint density at radius 1 is 1.04 bits per heavy atom. The molecule has 1 unspecified atom stereocenters. The van der Waals surface area contributed by atoms with Gasteiger partial charge in [-0.1, -0.05) is 12.1 Å². The van der Waals surface area contributed by atoms with Crippen molar-refractivity contribution in [3.63, 3.8) is 0 Å². The molecule has 2 aromatic heterocycles. The Hall–Kier alpha value is -3.23. The largest absolute Gasteiger partial charge is 0.416 e. The highest BCUT2D eigenvalue weighted by molar-refractivity contribution is 5.96. The van der Waals surface area contributed by atoms with Crippen LogP contribution < -0.4 is 10.6 Å². The molecule has 144 valence electrons. The van der Waals surface area contributed by atoms with Crippen LogP contribution in [0.1, 0.15) is 18.4 Å². The third kappa shape index (κ3) is 3.60. The number of amides is 1. The van der Waals surface area contributed by atoms with Gasteiger partial charge in [0.15, 0.2) is 5.82 Å². The van der Waals surface area contributed by atoms with E-state index >= 15 is 0 Å². The molecule has 9 heteroatoms. The van der Waals surface area contributed by atoms with Crippen molar-refractivity contribution in [2.45, 2.75) is 25.1 Å². The molecule has 6 nitrogen and oxygen atoms in total. The third-order valence-corrected chi connectivity index (χ3v) is 4.61. The van der Waals surface area contributed by atoms with Crippen molar-refractivity contribution in [3.8, 4) is 11.1 Å². The zero-order chi connectivity index (χ0) is 19.7. The molecule has 0 saturated carbocycles. The summed E-state index contributed by atoms with van der Waals surface area (Å²) in [7, 11) is 0. The molecular formula is C19H16F3N5O. The number of piperidine rings is 1. The second kappa shape index (κ2) is 7.06. The predicted molar refractivity (Wildman–Crippen MR) is 97.4 cm³/mol. The number of anilines is 1. The number of carbonyl (C=O) groups is 1. The Morgan fingerprint density at radius 2 is 1.75 bits per heavy atom. The molecule has 28 heavy (non-hydrogen) atoms. The van der Waals surface area contributed by atoms with E-state index in [1.165, 1.54) is 24.5 Å². The van der Waals surface area contributed by atoms with Gasteiger partial charge in [-0.3, -0.25) is 9.78 Å². The van der Waals surface area contributed by atoms with Gasteiger partial charge >= 0.3 is 6.18 Å². The second-order valence-corrected chi connectivity index (χ2v) is 6.53. The smallest absolute Gasteiger partial charge is 0.365 e. The third-order valence-electron chi connectivity index (χ3n) is 4.61. The van der Waals surface area contributed by atoms with Crippen LogP contribution in [0.15, 0.2) is 42.9 Å². The maximum atomic E-state index is 12.8. The highest BCUT2D eigenvalue weighted by Gasteiger charge is 2.30. The number of rotatable bonds is 3. The average molecular weight is 387 g/mol. The Kier molecular flexibility index (Phi) is 4.58. The number of carbonyl (C=O) groups excluding carboxylic acids is 1. The highest BCUT2D eigenvalue weighted by Crippen LogP contribution is 2.33. The van der Waals surface area contributed by atoms with Crippen LogP contribution in [0.5, 0.6) is 0 Å². The van der Waals surface area contributed by atoms with Gasteiger partial charge in [-0.15, -0.1) is 0 Å². The average Bonchev–Trinajstić information content (AvgIpc) is 2.68. The fraction of sp³-hybridized carbons (Fsp3) is 0.263. The lowest BCUT2D eigenvalue weighted by molar-refractivity contribution is -0.137. The van der Waals surface area contributed by atoms with Crippen molar-refractivity contribution in [2.75, 3.05) is 11.9 Å². The monoisotopic (exact) mass is 387 g/mol. The summed E-state index contributed by atoms with van der Waals surface area (Å²) < 4.78 is 38.4. The van der Waals surface area contributed by atoms with Crippen LogP contribution in [0.2, 0.25) is 0 Å². The SMILES string of the molecule is O=C1CC(Nc2ncc(-c3ccc(C(F)(F)F)cc3)c3nccnc23)CCN1. The molecule has 0 radical (unpaired) electrons. The van der Waals surface area contributed by atoms with Crippen LogP contribution in [0.3, 0.4) is 0 Å². The summed E-state index contributed by atoms with van der Waals surface area (Å²) in [4.78, 5) is 24.7. The summed E-state index contributed by atoms with van der Waals surface area (Å²) in [5.74, 6) is 0.471. The van der Waals surface area contributed by atoms with Gasteiger partial charge in [0.05, 0.1) is 5.56 Å². The van der Waals surface area contributed by atoms with Gasteiger partial charge in [-0.05, 0) is 24.1 Å². The summed E-state index contributed by atoms with van der Waals surface area (Å²) in [6.45, 7) is 0.587. The number of hydrogen-bond acceptors (Lipinski definition) is 5. The summed E-state index contributed by atoms with van der Waals surface area (Å²) in [6, 6.07) is 4.79. The maximum absolute atomic E-state index is 12.8. The highest BCUT2D eigenvalue weighted by atomic mass is 19.4. The molecule has 0 aliphatic carbocycles. The van der Waals surface area contributed by atoms with E-state index in [1.54, 1.807) is 6.20 Å². The molecule has 3 aromatic rings. The molecule has 0 spiro atoms. The first kappa shape index (κ1) is 18.1. The molecule has 1 amide bonds. The van der Waals surface area contributed by atoms with Gasteiger partial charge in [0.1, 0.15) is 11.0 Å². The van der Waals surface area contributed by atoms with Crippen LogP contribution in [0.25, 0.3) is 22.2 Å². The first-order chi connectivity index (χ1) is 13.4. The Morgan fingerprint density at radius 3 is 2.43 bits per heavy atom. The molecule has 3 heterocycles. The molecule has 1 saturated heterocycles. The van der Waals surface area contributed by atoms with Crippen molar-refractivity contribution in [1.82, 2.24) is 20.3 Å². The fourth-order valence-corrected chi connectivity index (χ4v) is 3.22. The number of pyridine rings is 1. The normalized spacial score (nSPS) is 17.4. The molecule has 1 fully saturated rings. The van der Waals surface area contributed by atoms with Gasteiger partial charge in [0.25, 0.3) is 0 Å². The van der Waals surface area contributed by atoms with E-state index in [-0.39, 0.29) is 11.9 Å². The van der Waals surface area contributed by atoms with Crippen molar-refractivity contribution in [2.24, 2.45) is 0 Å². The van der Waals surface area contributed by atoms with Crippen molar-refractivity contribution < 1.29 is 18.0 Å². The molecule has 1 atom stereocenters. The molecule has 0 bridgehead atoms. The zero-order valence-electron chi connectivity index (χ0n) is 14.6. The van der Waals surface area contributed by atoms with Gasteiger partial charge < -0.3 is 10.6 Å². The molecule has 1 aromatic carbocycles. The summed E-state index contributed by atoms with van der Waals surface area (Å²) in [5, 5.41) is 6.01. The first-order valence-corrected chi connectivity index (χ1v) is 8.72. The number of benzene rings is 1. The van der Waals surface area contributed by atoms with E-state index in [0.717, 1.165) is 18.6 Å². The molecular weight excluding hydrogens is 371 g/mol. The Balaban J connectivity index is 1.70. The van der Waals surface area contributed by atoms with E-state index in [4.69, 9.17) is 0 Å². The topological polar surface area (TPSA) is 79.8 Å². The van der Waals surface area contributed by atoms with E-state index in [9.17, 15) is 18.0 Å². The van der Waals surface area contributed by atoms with E-state index in [1.807, 2.05) is 0 Å². The minimum atomic E-state index is -4.39. The van der Waals surface area contributed by atoms with Gasteiger partial charge in [0, 0.05) is 43.2 Å². The van der Waals surface area contributed by atoms with Crippen molar-refractivity contribution in [1.29, 1.82) is 0 Å². The number of aromatic nitrogens is 3. The number of hydrogen-bond donors (Lipinski definition) is 2. The molecule has 1 aliphatic rings. The number of nitrogens with one attached hydrogen (secondary N) is 2. The van der Waals surface area contributed by atoms with Gasteiger partial charge in [-0.2, -0.15) is 13.2 Å². The van der Waals surface area contributed by atoms with E-state index in [0.29, 0.717) is 40.9 Å². The van der Waals surface area contributed by atoms with E-state index < -0.39 is 11.7 Å². The zero-order valence-corrected chi connectivity index (χ0v) is 14.6. The van der Waals surface area contributed by atoms with Crippen LogP contribution in [0.4, 0.5) is 19.0 Å². The van der Waals surface area contributed by atoms with Gasteiger partial charge in [-0.25, -0.2) is 9.97 Å². The molecule has 2 N–H and O–H groups in total. The van der Waals surface area contributed by atoms with E-state index in [2.05, 4.69) is 25.6 Å². The maximum Gasteiger partial charge on any atom is 0.416 e. The Labute approximate surface area is 158 Å². The van der Waals surface area contributed by atoms with Crippen LogP contribution in [-0.2, 0) is 11.0 Å².